The summed E-state index contributed by atoms with van der Waals surface area (Å²) in [6.07, 6.45) is 4.32. The number of carbonyl (C=O) groups is 1. The SMILES string of the molecule is O=C(c1csc(CSc2nnc(-c3ccccc3Cl)n2-c2ccccc2Cl)n1)N1CCN(C/C=C/c2ccccc2)CC1. The van der Waals surface area contributed by atoms with Gasteiger partial charge >= 0.3 is 0 Å². The average molecular weight is 648 g/mol. The van der Waals surface area contributed by atoms with Crippen LogP contribution in [0, 0.1) is 0 Å². The van der Waals surface area contributed by atoms with Crippen molar-refractivity contribution in [2.75, 3.05) is 32.7 Å². The highest BCUT2D eigenvalue weighted by Crippen LogP contribution is 2.35. The molecule has 1 fully saturated rings. The molecule has 6 rings (SSSR count). The maximum atomic E-state index is 13.2. The zero-order chi connectivity index (χ0) is 29.6. The Balaban J connectivity index is 1.10. The zero-order valence-corrected chi connectivity index (χ0v) is 26.3. The maximum absolute atomic E-state index is 13.2. The molecule has 0 atom stereocenters. The van der Waals surface area contributed by atoms with Crippen LogP contribution in [0.3, 0.4) is 0 Å². The Labute approximate surface area is 268 Å². The zero-order valence-electron chi connectivity index (χ0n) is 23.1. The highest BCUT2D eigenvalue weighted by molar-refractivity contribution is 7.98. The van der Waals surface area contributed by atoms with Crippen LogP contribution in [-0.2, 0) is 5.75 Å². The second-order valence-corrected chi connectivity index (χ2v) is 12.6. The van der Waals surface area contributed by atoms with Crippen molar-refractivity contribution in [2.45, 2.75) is 10.9 Å². The summed E-state index contributed by atoms with van der Waals surface area (Å²) in [5, 5.41) is 13.4. The lowest BCUT2D eigenvalue weighted by Crippen LogP contribution is -2.48. The van der Waals surface area contributed by atoms with Gasteiger partial charge in [-0.1, -0.05) is 102 Å². The molecule has 0 aliphatic carbocycles. The van der Waals surface area contributed by atoms with E-state index in [1.807, 2.05) is 81.6 Å². The second kappa shape index (κ2) is 13.9. The van der Waals surface area contributed by atoms with E-state index in [0.717, 1.165) is 35.9 Å². The molecule has 0 bridgehead atoms. The fourth-order valence-electron chi connectivity index (χ4n) is 4.83. The Kier molecular flexibility index (Phi) is 9.55. The van der Waals surface area contributed by atoms with Crippen LogP contribution >= 0.6 is 46.3 Å². The van der Waals surface area contributed by atoms with Gasteiger partial charge in [0.05, 0.1) is 21.5 Å². The predicted molar refractivity (Wildman–Crippen MR) is 176 cm³/mol. The van der Waals surface area contributed by atoms with Gasteiger partial charge < -0.3 is 4.90 Å². The van der Waals surface area contributed by atoms with Gasteiger partial charge in [-0.05, 0) is 29.8 Å². The number of halogens is 2. The lowest BCUT2D eigenvalue weighted by atomic mass is 10.2. The van der Waals surface area contributed by atoms with E-state index in [1.165, 1.54) is 28.7 Å². The van der Waals surface area contributed by atoms with Crippen LogP contribution in [0.15, 0.2) is 95.5 Å². The van der Waals surface area contributed by atoms with Crippen molar-refractivity contribution < 1.29 is 4.79 Å². The van der Waals surface area contributed by atoms with Crippen LogP contribution in [0.5, 0.6) is 0 Å². The first-order valence-electron chi connectivity index (χ1n) is 13.8. The molecule has 218 valence electrons. The molecule has 0 radical (unpaired) electrons. The first kappa shape index (κ1) is 29.6. The molecule has 3 aromatic carbocycles. The molecule has 0 spiro atoms. The van der Waals surface area contributed by atoms with Gasteiger partial charge in [-0.3, -0.25) is 14.3 Å². The van der Waals surface area contributed by atoms with E-state index < -0.39 is 0 Å². The fourth-order valence-corrected chi connectivity index (χ4v) is 7.00. The van der Waals surface area contributed by atoms with Gasteiger partial charge in [0.25, 0.3) is 5.91 Å². The van der Waals surface area contributed by atoms with Gasteiger partial charge in [-0.25, -0.2) is 4.98 Å². The van der Waals surface area contributed by atoms with Crippen LogP contribution in [0.1, 0.15) is 21.1 Å². The summed E-state index contributed by atoms with van der Waals surface area (Å²) in [6.45, 7) is 3.91. The molecule has 0 unspecified atom stereocenters. The van der Waals surface area contributed by atoms with Gasteiger partial charge in [-0.15, -0.1) is 21.5 Å². The molecule has 5 aromatic rings. The first-order valence-corrected chi connectivity index (χ1v) is 16.4. The summed E-state index contributed by atoms with van der Waals surface area (Å²) in [7, 11) is 0. The third kappa shape index (κ3) is 7.03. The molecule has 1 saturated heterocycles. The summed E-state index contributed by atoms with van der Waals surface area (Å²) in [5.74, 6) is 1.11. The monoisotopic (exact) mass is 646 g/mol. The Morgan fingerprint density at radius 2 is 1.60 bits per heavy atom. The van der Waals surface area contributed by atoms with E-state index in [9.17, 15) is 4.79 Å². The van der Waals surface area contributed by atoms with Crippen molar-refractivity contribution >= 4 is 58.3 Å². The van der Waals surface area contributed by atoms with E-state index >= 15 is 0 Å². The number of thioether (sulfide) groups is 1. The van der Waals surface area contributed by atoms with Crippen LogP contribution in [0.25, 0.3) is 23.2 Å². The molecular formula is C32H28Cl2N6OS2. The molecule has 2 aromatic heterocycles. The van der Waals surface area contributed by atoms with Crippen LogP contribution < -0.4 is 0 Å². The Morgan fingerprint density at radius 3 is 2.37 bits per heavy atom. The Bertz CT molecular complexity index is 1730. The topological polar surface area (TPSA) is 67.2 Å². The highest BCUT2D eigenvalue weighted by Gasteiger charge is 2.24. The number of amides is 1. The van der Waals surface area contributed by atoms with Crippen molar-refractivity contribution in [3.05, 3.63) is 117 Å². The van der Waals surface area contributed by atoms with Crippen LogP contribution in [0.4, 0.5) is 0 Å². The van der Waals surface area contributed by atoms with Crippen molar-refractivity contribution in [3.8, 4) is 17.1 Å². The summed E-state index contributed by atoms with van der Waals surface area (Å²) in [6, 6.07) is 25.4. The molecule has 3 heterocycles. The van der Waals surface area contributed by atoms with Gasteiger partial charge in [-0.2, -0.15) is 0 Å². The standard InChI is InChI=1S/C32H28Cl2N6OS2/c33-25-13-5-4-12-24(25)30-36-37-32(40(30)28-15-7-6-14-26(28)34)43-22-29-35-27(21-42-29)31(41)39-19-17-38(18-20-39)16-8-11-23-9-2-1-3-10-23/h1-15,21H,16-20,22H2/b11-8+. The lowest BCUT2D eigenvalue weighted by molar-refractivity contribution is 0.0645. The summed E-state index contributed by atoms with van der Waals surface area (Å²) < 4.78 is 1.92. The number of aromatic nitrogens is 4. The lowest BCUT2D eigenvalue weighted by Gasteiger charge is -2.33. The van der Waals surface area contributed by atoms with E-state index in [2.05, 4.69) is 44.4 Å². The smallest absolute Gasteiger partial charge is 0.273 e. The molecule has 0 N–H and O–H groups in total. The van der Waals surface area contributed by atoms with Gasteiger partial charge in [0.2, 0.25) is 0 Å². The number of nitrogens with zero attached hydrogens (tertiary/aromatic N) is 6. The normalized spacial score (nSPS) is 14.0. The van der Waals surface area contributed by atoms with E-state index in [0.29, 0.717) is 45.6 Å². The average Bonchev–Trinajstić information content (AvgIpc) is 3.69. The molecule has 7 nitrogen and oxygen atoms in total. The largest absolute Gasteiger partial charge is 0.335 e. The van der Waals surface area contributed by atoms with Crippen molar-refractivity contribution in [2.24, 2.45) is 0 Å². The molecule has 0 saturated carbocycles. The number of benzene rings is 3. The minimum atomic E-state index is -0.0211. The summed E-state index contributed by atoms with van der Waals surface area (Å²) in [5.41, 5.74) is 3.20. The fraction of sp³-hybridized carbons (Fsp3) is 0.188. The minimum absolute atomic E-state index is 0.0211. The molecular weight excluding hydrogens is 619 g/mol. The van der Waals surface area contributed by atoms with Crippen LogP contribution in [-0.4, -0.2) is 68.2 Å². The molecule has 43 heavy (non-hydrogen) atoms. The molecule has 1 amide bonds. The first-order chi connectivity index (χ1) is 21.1. The summed E-state index contributed by atoms with van der Waals surface area (Å²) in [4.78, 5) is 22.2. The molecule has 11 heteroatoms. The quantitative estimate of drug-likeness (QED) is 0.155. The van der Waals surface area contributed by atoms with Gasteiger partial charge in [0, 0.05) is 43.7 Å². The van der Waals surface area contributed by atoms with E-state index in [1.54, 1.807) is 0 Å². The number of piperazine rings is 1. The minimum Gasteiger partial charge on any atom is -0.335 e. The Morgan fingerprint density at radius 1 is 0.884 bits per heavy atom. The molecule has 1 aliphatic rings. The van der Waals surface area contributed by atoms with Crippen molar-refractivity contribution in [3.63, 3.8) is 0 Å². The number of hydrogen-bond acceptors (Lipinski definition) is 7. The van der Waals surface area contributed by atoms with Gasteiger partial charge in [0.15, 0.2) is 11.0 Å². The van der Waals surface area contributed by atoms with Crippen LogP contribution in [0.2, 0.25) is 10.0 Å². The van der Waals surface area contributed by atoms with E-state index in [4.69, 9.17) is 23.2 Å². The molecule has 1 aliphatic heterocycles. The van der Waals surface area contributed by atoms with Crippen molar-refractivity contribution in [1.29, 1.82) is 0 Å². The number of thiazole rings is 1. The third-order valence-corrected chi connectivity index (χ3v) is 9.69. The van der Waals surface area contributed by atoms with Crippen molar-refractivity contribution in [1.82, 2.24) is 29.5 Å². The maximum Gasteiger partial charge on any atom is 0.273 e. The summed E-state index contributed by atoms with van der Waals surface area (Å²) >= 11 is 16.1. The predicted octanol–water partition coefficient (Wildman–Crippen LogP) is 7.46. The number of hydrogen-bond donors (Lipinski definition) is 0. The van der Waals surface area contributed by atoms with Gasteiger partial charge in [0.1, 0.15) is 10.7 Å². The number of rotatable bonds is 9. The number of para-hydroxylation sites is 1. The Hall–Kier alpha value is -3.47. The highest BCUT2D eigenvalue weighted by atomic mass is 35.5. The third-order valence-electron chi connectivity index (χ3n) is 7.07. The number of carbonyl (C=O) groups excluding carboxylic acids is 1. The second-order valence-electron chi connectivity index (χ2n) is 9.89. The van der Waals surface area contributed by atoms with E-state index in [-0.39, 0.29) is 5.91 Å².